The molecule has 0 spiro atoms. The number of ether oxygens (including phenoxy) is 1. The van der Waals surface area contributed by atoms with Gasteiger partial charge in [0.05, 0.1) is 19.4 Å². The van der Waals surface area contributed by atoms with Crippen molar-refractivity contribution in [2.75, 3.05) is 26.3 Å². The van der Waals surface area contributed by atoms with Crippen molar-refractivity contribution in [2.24, 2.45) is 5.92 Å². The van der Waals surface area contributed by atoms with E-state index in [4.69, 9.17) is 4.74 Å². The highest BCUT2D eigenvalue weighted by molar-refractivity contribution is 4.87. The van der Waals surface area contributed by atoms with Gasteiger partial charge in [0, 0.05) is 18.5 Å². The second kappa shape index (κ2) is 6.46. The van der Waals surface area contributed by atoms with E-state index < -0.39 is 0 Å². The van der Waals surface area contributed by atoms with Crippen LogP contribution >= 0.6 is 0 Å². The van der Waals surface area contributed by atoms with Gasteiger partial charge in [-0.1, -0.05) is 13.8 Å². The number of rotatable bonds is 1. The summed E-state index contributed by atoms with van der Waals surface area (Å²) in [7, 11) is 0. The second-order valence-corrected chi connectivity index (χ2v) is 4.35. The molecular weight excluding hydrogens is 188 g/mol. The van der Waals surface area contributed by atoms with Gasteiger partial charge in [-0.3, -0.25) is 4.90 Å². The SMILES string of the molecule is CC.CC(C)N1CCOCC2CCNC21. The van der Waals surface area contributed by atoms with Gasteiger partial charge >= 0.3 is 0 Å². The van der Waals surface area contributed by atoms with Gasteiger partial charge in [0.2, 0.25) is 0 Å². The Kier molecular flexibility index (Phi) is 5.58. The first kappa shape index (κ1) is 12.9. The maximum atomic E-state index is 5.61. The van der Waals surface area contributed by atoms with E-state index >= 15 is 0 Å². The molecule has 0 aliphatic carbocycles. The summed E-state index contributed by atoms with van der Waals surface area (Å²) in [5.41, 5.74) is 0. The number of fused-ring (bicyclic) bond motifs is 1. The van der Waals surface area contributed by atoms with E-state index in [1.165, 1.54) is 6.42 Å². The second-order valence-electron chi connectivity index (χ2n) is 4.35. The zero-order chi connectivity index (χ0) is 11.3. The summed E-state index contributed by atoms with van der Waals surface area (Å²) < 4.78 is 5.61. The molecule has 0 bridgehead atoms. The molecule has 0 radical (unpaired) electrons. The highest BCUT2D eigenvalue weighted by Gasteiger charge is 2.34. The van der Waals surface area contributed by atoms with Crippen molar-refractivity contribution >= 4 is 0 Å². The van der Waals surface area contributed by atoms with Crippen molar-refractivity contribution in [1.82, 2.24) is 10.2 Å². The van der Waals surface area contributed by atoms with Crippen LogP contribution in [0.4, 0.5) is 0 Å². The van der Waals surface area contributed by atoms with Crippen LogP contribution in [-0.2, 0) is 4.74 Å². The van der Waals surface area contributed by atoms with Gasteiger partial charge in [-0.15, -0.1) is 0 Å². The predicted octanol–water partition coefficient (Wildman–Crippen LogP) is 1.69. The zero-order valence-electron chi connectivity index (χ0n) is 10.6. The van der Waals surface area contributed by atoms with Crippen molar-refractivity contribution in [3.8, 4) is 0 Å². The fourth-order valence-corrected chi connectivity index (χ4v) is 2.43. The molecule has 2 aliphatic heterocycles. The fourth-order valence-electron chi connectivity index (χ4n) is 2.43. The molecule has 0 aromatic carbocycles. The molecule has 0 aromatic rings. The van der Waals surface area contributed by atoms with E-state index in [0.29, 0.717) is 18.1 Å². The smallest absolute Gasteiger partial charge is 0.0651 e. The van der Waals surface area contributed by atoms with E-state index in [1.54, 1.807) is 0 Å². The maximum Gasteiger partial charge on any atom is 0.0651 e. The van der Waals surface area contributed by atoms with Gasteiger partial charge in [0.15, 0.2) is 0 Å². The van der Waals surface area contributed by atoms with Gasteiger partial charge in [-0.25, -0.2) is 0 Å². The molecule has 2 saturated heterocycles. The fraction of sp³-hybridized carbons (Fsp3) is 1.00. The van der Waals surface area contributed by atoms with E-state index in [2.05, 4.69) is 24.1 Å². The molecule has 2 rings (SSSR count). The lowest BCUT2D eigenvalue weighted by molar-refractivity contribution is 0.120. The molecule has 1 N–H and O–H groups in total. The van der Waals surface area contributed by atoms with Crippen LogP contribution in [0.1, 0.15) is 34.1 Å². The lowest BCUT2D eigenvalue weighted by Gasteiger charge is -2.33. The average Bonchev–Trinajstić information content (AvgIpc) is 2.60. The molecule has 2 atom stereocenters. The van der Waals surface area contributed by atoms with Crippen LogP contribution in [0.3, 0.4) is 0 Å². The molecule has 2 fully saturated rings. The van der Waals surface area contributed by atoms with E-state index in [-0.39, 0.29) is 0 Å². The third-order valence-electron chi connectivity index (χ3n) is 3.16. The Morgan fingerprint density at radius 2 is 2.07 bits per heavy atom. The Hall–Kier alpha value is -0.120. The molecule has 90 valence electrons. The Morgan fingerprint density at radius 3 is 2.73 bits per heavy atom. The number of nitrogens with one attached hydrogen (secondary N) is 1. The Labute approximate surface area is 94.2 Å². The third kappa shape index (κ3) is 3.16. The largest absolute Gasteiger partial charge is 0.380 e. The molecule has 15 heavy (non-hydrogen) atoms. The van der Waals surface area contributed by atoms with E-state index in [0.717, 1.165) is 26.3 Å². The van der Waals surface area contributed by atoms with Crippen LogP contribution in [0.15, 0.2) is 0 Å². The lowest BCUT2D eigenvalue weighted by Crippen LogP contribution is -2.49. The summed E-state index contributed by atoms with van der Waals surface area (Å²) in [6.45, 7) is 12.6. The molecule has 0 saturated carbocycles. The monoisotopic (exact) mass is 214 g/mol. The van der Waals surface area contributed by atoms with Crippen LogP contribution in [0.5, 0.6) is 0 Å². The third-order valence-corrected chi connectivity index (χ3v) is 3.16. The summed E-state index contributed by atoms with van der Waals surface area (Å²) in [5.74, 6) is 0.713. The van der Waals surface area contributed by atoms with Gasteiger partial charge in [0.1, 0.15) is 0 Å². The minimum atomic E-state index is 0.572. The minimum absolute atomic E-state index is 0.572. The van der Waals surface area contributed by atoms with Crippen molar-refractivity contribution in [1.29, 1.82) is 0 Å². The molecule has 3 heteroatoms. The summed E-state index contributed by atoms with van der Waals surface area (Å²) in [6, 6.07) is 0.625. The van der Waals surface area contributed by atoms with Crippen LogP contribution < -0.4 is 5.32 Å². The van der Waals surface area contributed by atoms with Gasteiger partial charge in [0.25, 0.3) is 0 Å². The molecule has 2 unspecified atom stereocenters. The summed E-state index contributed by atoms with van der Waals surface area (Å²) in [5, 5.41) is 3.58. The predicted molar refractivity (Wildman–Crippen MR) is 63.9 cm³/mol. The topological polar surface area (TPSA) is 24.5 Å². The van der Waals surface area contributed by atoms with Crippen molar-refractivity contribution < 1.29 is 4.74 Å². The Balaban J connectivity index is 0.000000531. The van der Waals surface area contributed by atoms with E-state index in [1.807, 2.05) is 13.8 Å². The molecule has 2 heterocycles. The molecular formula is C12H26N2O. The van der Waals surface area contributed by atoms with E-state index in [9.17, 15) is 0 Å². The number of hydrogen-bond donors (Lipinski definition) is 1. The number of hydrogen-bond acceptors (Lipinski definition) is 3. The molecule has 0 amide bonds. The van der Waals surface area contributed by atoms with Crippen LogP contribution in [-0.4, -0.2) is 43.4 Å². The molecule has 2 aliphatic rings. The van der Waals surface area contributed by atoms with Gasteiger partial charge < -0.3 is 10.1 Å². The summed E-state index contributed by atoms with van der Waals surface area (Å²) in [6.07, 6.45) is 1.84. The van der Waals surface area contributed by atoms with Crippen molar-refractivity contribution in [2.45, 2.75) is 46.3 Å². The first-order chi connectivity index (χ1) is 7.29. The normalized spacial score (nSPS) is 31.8. The Bertz CT molecular complexity index is 173. The van der Waals surface area contributed by atoms with Gasteiger partial charge in [-0.2, -0.15) is 0 Å². The highest BCUT2D eigenvalue weighted by atomic mass is 16.5. The van der Waals surface area contributed by atoms with Crippen molar-refractivity contribution in [3.05, 3.63) is 0 Å². The average molecular weight is 214 g/mol. The number of nitrogens with zero attached hydrogens (tertiary/aromatic N) is 1. The van der Waals surface area contributed by atoms with Crippen LogP contribution in [0.25, 0.3) is 0 Å². The summed E-state index contributed by atoms with van der Waals surface area (Å²) in [4.78, 5) is 2.53. The first-order valence-corrected chi connectivity index (χ1v) is 6.36. The van der Waals surface area contributed by atoms with Crippen LogP contribution in [0.2, 0.25) is 0 Å². The molecule has 0 aromatic heterocycles. The summed E-state index contributed by atoms with van der Waals surface area (Å²) >= 11 is 0. The zero-order valence-corrected chi connectivity index (χ0v) is 10.6. The minimum Gasteiger partial charge on any atom is -0.380 e. The highest BCUT2D eigenvalue weighted by Crippen LogP contribution is 2.23. The van der Waals surface area contributed by atoms with Crippen molar-refractivity contribution in [3.63, 3.8) is 0 Å². The van der Waals surface area contributed by atoms with Crippen LogP contribution in [0, 0.1) is 5.92 Å². The lowest BCUT2D eigenvalue weighted by atomic mass is 10.1. The quantitative estimate of drug-likeness (QED) is 0.719. The first-order valence-electron chi connectivity index (χ1n) is 6.36. The standard InChI is InChI=1S/C10H20N2O.C2H6/c1-8(2)12-5-6-13-7-9-3-4-11-10(9)12;1-2/h8-11H,3-7H2,1-2H3;1-2H3. The Morgan fingerprint density at radius 1 is 1.33 bits per heavy atom. The van der Waals surface area contributed by atoms with Gasteiger partial charge in [-0.05, 0) is 26.8 Å². The maximum absolute atomic E-state index is 5.61. The molecule has 3 nitrogen and oxygen atoms in total.